The third kappa shape index (κ3) is 3.47. The van der Waals surface area contributed by atoms with Gasteiger partial charge in [-0.25, -0.2) is 13.1 Å². The molecule has 0 saturated heterocycles. The second-order valence-corrected chi connectivity index (χ2v) is 6.37. The monoisotopic (exact) mass is 297 g/mol. The first-order valence-corrected chi connectivity index (χ1v) is 7.35. The molecule has 1 aromatic heterocycles. The van der Waals surface area contributed by atoms with Crippen molar-refractivity contribution < 1.29 is 21.6 Å². The van der Waals surface area contributed by atoms with Crippen molar-refractivity contribution in [2.24, 2.45) is 5.92 Å². The Bertz CT molecular complexity index is 513. The third-order valence-corrected chi connectivity index (χ3v) is 4.73. The van der Waals surface area contributed by atoms with Crippen LogP contribution in [0, 0.1) is 5.92 Å². The van der Waals surface area contributed by atoms with Crippen LogP contribution >= 0.6 is 0 Å². The van der Waals surface area contributed by atoms with E-state index in [9.17, 15) is 21.6 Å². The van der Waals surface area contributed by atoms with Crippen LogP contribution in [0.15, 0.2) is 17.3 Å². The number of halogens is 3. The largest absolute Gasteiger partial charge is 0.391 e. The molecule has 5 nitrogen and oxygen atoms in total. The number of hydrogen-bond donors (Lipinski definition) is 2. The van der Waals surface area contributed by atoms with E-state index in [0.717, 1.165) is 6.20 Å². The highest BCUT2D eigenvalue weighted by Crippen LogP contribution is 2.37. The van der Waals surface area contributed by atoms with E-state index in [4.69, 9.17) is 0 Å². The smallest absolute Gasteiger partial charge is 0.284 e. The number of aromatic amines is 1. The Hall–Kier alpha value is -1.09. The van der Waals surface area contributed by atoms with Crippen LogP contribution in [0.2, 0.25) is 0 Å². The second kappa shape index (κ2) is 5.12. The van der Waals surface area contributed by atoms with Gasteiger partial charge in [0.1, 0.15) is 4.90 Å². The Balaban J connectivity index is 2.04. The Kier molecular flexibility index (Phi) is 3.86. The number of aromatic nitrogens is 2. The lowest BCUT2D eigenvalue weighted by atomic mass is 9.86. The first kappa shape index (κ1) is 14.3. The predicted octanol–water partition coefficient (Wildman–Crippen LogP) is 1.81. The summed E-state index contributed by atoms with van der Waals surface area (Å²) in [4.78, 5) is -0.0679. The van der Waals surface area contributed by atoms with Gasteiger partial charge >= 0.3 is 6.18 Å². The van der Waals surface area contributed by atoms with E-state index >= 15 is 0 Å². The molecule has 1 aromatic rings. The fourth-order valence-electron chi connectivity index (χ4n) is 2.27. The molecule has 2 rings (SSSR count). The van der Waals surface area contributed by atoms with Crippen LogP contribution in [-0.2, 0) is 10.0 Å². The Morgan fingerprint density at radius 3 is 2.68 bits per heavy atom. The van der Waals surface area contributed by atoms with Gasteiger partial charge in [-0.3, -0.25) is 5.10 Å². The van der Waals surface area contributed by atoms with Crippen LogP contribution in [0.4, 0.5) is 13.2 Å². The lowest BCUT2D eigenvalue weighted by Gasteiger charge is -2.30. The molecular formula is C10H14F3N3O2S. The molecular weight excluding hydrogens is 283 g/mol. The molecule has 9 heteroatoms. The quantitative estimate of drug-likeness (QED) is 0.893. The van der Waals surface area contributed by atoms with Crippen LogP contribution in [0.25, 0.3) is 0 Å². The van der Waals surface area contributed by atoms with E-state index in [2.05, 4.69) is 14.9 Å². The maximum absolute atomic E-state index is 12.6. The molecule has 0 spiro atoms. The molecule has 1 fully saturated rings. The van der Waals surface area contributed by atoms with Crippen molar-refractivity contribution >= 4 is 10.0 Å². The maximum Gasteiger partial charge on any atom is 0.391 e. The average molecular weight is 297 g/mol. The van der Waals surface area contributed by atoms with Gasteiger partial charge in [0.15, 0.2) is 0 Å². The fraction of sp³-hybridized carbons (Fsp3) is 0.700. The summed E-state index contributed by atoms with van der Waals surface area (Å²) in [6.07, 6.45) is -1.32. The molecule has 1 heterocycles. The summed E-state index contributed by atoms with van der Waals surface area (Å²) < 4.78 is 63.9. The van der Waals surface area contributed by atoms with E-state index in [-0.39, 0.29) is 17.7 Å². The molecule has 0 radical (unpaired) electrons. The molecule has 0 bridgehead atoms. The van der Waals surface area contributed by atoms with Crippen molar-refractivity contribution in [2.45, 2.75) is 42.8 Å². The zero-order valence-corrected chi connectivity index (χ0v) is 10.8. The number of hydrogen-bond acceptors (Lipinski definition) is 3. The van der Waals surface area contributed by atoms with Crippen molar-refractivity contribution in [3.05, 3.63) is 12.4 Å². The minimum Gasteiger partial charge on any atom is -0.284 e. The Labute approximate surface area is 108 Å². The lowest BCUT2D eigenvalue weighted by molar-refractivity contribution is -0.183. The molecule has 1 aliphatic rings. The molecule has 1 aliphatic carbocycles. The predicted molar refractivity (Wildman–Crippen MR) is 60.7 cm³/mol. The van der Waals surface area contributed by atoms with Gasteiger partial charge in [0.25, 0.3) is 0 Å². The Morgan fingerprint density at radius 2 is 2.11 bits per heavy atom. The van der Waals surface area contributed by atoms with E-state index in [1.807, 2.05) is 0 Å². The Morgan fingerprint density at radius 1 is 1.37 bits per heavy atom. The molecule has 0 amide bonds. The molecule has 0 aromatic carbocycles. The number of H-pyrrole nitrogens is 1. The van der Waals surface area contributed by atoms with E-state index < -0.39 is 28.2 Å². The number of alkyl halides is 3. The zero-order chi connectivity index (χ0) is 14.1. The standard InChI is InChI=1S/C10H14F3N3O2S/c11-10(12,13)7-2-1-3-8(4-7)16-19(17,18)9-5-14-15-6-9/h5-8,16H,1-4H2,(H,14,15). The van der Waals surface area contributed by atoms with Gasteiger partial charge < -0.3 is 0 Å². The minimum absolute atomic E-state index is 0.0629. The lowest BCUT2D eigenvalue weighted by Crippen LogP contribution is -2.41. The van der Waals surface area contributed by atoms with Crippen molar-refractivity contribution in [3.8, 4) is 0 Å². The zero-order valence-electron chi connectivity index (χ0n) is 9.94. The molecule has 0 aliphatic heterocycles. The minimum atomic E-state index is -4.26. The first-order chi connectivity index (χ1) is 8.79. The second-order valence-electron chi connectivity index (χ2n) is 4.66. The van der Waals surface area contributed by atoms with E-state index in [0.29, 0.717) is 12.8 Å². The summed E-state index contributed by atoms with van der Waals surface area (Å²) in [7, 11) is -3.80. The summed E-state index contributed by atoms with van der Waals surface area (Å²) in [5.74, 6) is -1.43. The number of nitrogens with one attached hydrogen (secondary N) is 2. The van der Waals surface area contributed by atoms with Crippen LogP contribution < -0.4 is 4.72 Å². The van der Waals surface area contributed by atoms with Gasteiger partial charge in [-0.2, -0.15) is 18.3 Å². The van der Waals surface area contributed by atoms with Gasteiger partial charge in [-0.1, -0.05) is 6.42 Å². The van der Waals surface area contributed by atoms with Gasteiger partial charge in [-0.05, 0) is 19.3 Å². The van der Waals surface area contributed by atoms with Crippen molar-refractivity contribution in [3.63, 3.8) is 0 Å². The summed E-state index contributed by atoms with van der Waals surface area (Å²) >= 11 is 0. The number of sulfonamides is 1. The SMILES string of the molecule is O=S(=O)(NC1CCCC(C(F)(F)F)C1)c1cn[nH]c1. The summed E-state index contributed by atoms with van der Waals surface area (Å²) in [6.45, 7) is 0. The van der Waals surface area contributed by atoms with Crippen LogP contribution in [-0.4, -0.2) is 30.8 Å². The van der Waals surface area contributed by atoms with Crippen LogP contribution in [0.1, 0.15) is 25.7 Å². The van der Waals surface area contributed by atoms with Crippen molar-refractivity contribution in [1.29, 1.82) is 0 Å². The highest BCUT2D eigenvalue weighted by molar-refractivity contribution is 7.89. The van der Waals surface area contributed by atoms with E-state index in [1.165, 1.54) is 6.20 Å². The fourth-order valence-corrected chi connectivity index (χ4v) is 3.46. The molecule has 19 heavy (non-hydrogen) atoms. The highest BCUT2D eigenvalue weighted by atomic mass is 32.2. The molecule has 2 N–H and O–H groups in total. The van der Waals surface area contributed by atoms with E-state index in [1.54, 1.807) is 0 Å². The van der Waals surface area contributed by atoms with Gasteiger partial charge in [0.2, 0.25) is 10.0 Å². The summed E-state index contributed by atoms with van der Waals surface area (Å²) in [6, 6.07) is -0.680. The highest BCUT2D eigenvalue weighted by Gasteiger charge is 2.42. The van der Waals surface area contributed by atoms with Crippen LogP contribution in [0.3, 0.4) is 0 Å². The van der Waals surface area contributed by atoms with Gasteiger partial charge in [-0.15, -0.1) is 0 Å². The molecule has 2 atom stereocenters. The molecule has 1 saturated carbocycles. The van der Waals surface area contributed by atoms with Gasteiger partial charge in [0, 0.05) is 12.2 Å². The summed E-state index contributed by atoms with van der Waals surface area (Å²) in [5.41, 5.74) is 0. The number of nitrogens with zero attached hydrogens (tertiary/aromatic N) is 1. The maximum atomic E-state index is 12.6. The molecule has 108 valence electrons. The third-order valence-electron chi connectivity index (χ3n) is 3.24. The normalized spacial score (nSPS) is 25.4. The van der Waals surface area contributed by atoms with Crippen molar-refractivity contribution in [2.75, 3.05) is 0 Å². The van der Waals surface area contributed by atoms with Crippen LogP contribution in [0.5, 0.6) is 0 Å². The van der Waals surface area contributed by atoms with Crippen molar-refractivity contribution in [1.82, 2.24) is 14.9 Å². The summed E-state index contributed by atoms with van der Waals surface area (Å²) in [5, 5.41) is 5.87. The first-order valence-electron chi connectivity index (χ1n) is 5.87. The number of rotatable bonds is 3. The average Bonchev–Trinajstić information content (AvgIpc) is 2.81. The molecule has 2 unspecified atom stereocenters. The van der Waals surface area contributed by atoms with Gasteiger partial charge in [0.05, 0.1) is 12.1 Å². The topological polar surface area (TPSA) is 74.8 Å².